The molecule has 1 heterocycles. The summed E-state index contributed by atoms with van der Waals surface area (Å²) in [5.41, 5.74) is 2.23. The molecule has 0 saturated heterocycles. The van der Waals surface area contributed by atoms with Crippen molar-refractivity contribution < 1.29 is 18.7 Å². The topological polar surface area (TPSA) is 54.6 Å². The van der Waals surface area contributed by atoms with E-state index < -0.39 is 0 Å². The van der Waals surface area contributed by atoms with Crippen molar-refractivity contribution in [3.8, 4) is 11.5 Å². The van der Waals surface area contributed by atoms with Crippen LogP contribution in [0.3, 0.4) is 0 Å². The largest absolute Gasteiger partial charge is 0.493 e. The molecule has 2 aromatic carbocycles. The van der Waals surface area contributed by atoms with Crippen LogP contribution in [0.4, 0.5) is 4.39 Å². The van der Waals surface area contributed by atoms with Crippen molar-refractivity contribution in [1.82, 2.24) is 9.88 Å². The number of carbonyl (C=O) groups is 1. The highest BCUT2D eigenvalue weighted by Gasteiger charge is 2.15. The molecular weight excluding hydrogens is 335 g/mol. The highest BCUT2D eigenvalue weighted by molar-refractivity contribution is 5.97. The standard InChI is InChI=1S/C20H21FN2O3/c1-23(9-8-13-4-7-18(25-2)19(10-13)26-3)20(24)17-12-14-11-15(21)5-6-16(14)22-17/h4-7,10-12,22H,8-9H2,1-3H3. The van der Waals surface area contributed by atoms with Gasteiger partial charge in [0.15, 0.2) is 11.5 Å². The second-order valence-corrected chi connectivity index (χ2v) is 6.08. The molecule has 0 aliphatic carbocycles. The molecule has 3 rings (SSSR count). The van der Waals surface area contributed by atoms with Crippen LogP contribution in [0.15, 0.2) is 42.5 Å². The summed E-state index contributed by atoms with van der Waals surface area (Å²) >= 11 is 0. The molecule has 0 fully saturated rings. The van der Waals surface area contributed by atoms with Crippen molar-refractivity contribution in [3.63, 3.8) is 0 Å². The molecule has 26 heavy (non-hydrogen) atoms. The SMILES string of the molecule is COc1ccc(CCN(C)C(=O)c2cc3cc(F)ccc3[nH]2)cc1OC. The van der Waals surface area contributed by atoms with E-state index in [9.17, 15) is 9.18 Å². The first-order valence-electron chi connectivity index (χ1n) is 8.26. The van der Waals surface area contributed by atoms with Gasteiger partial charge >= 0.3 is 0 Å². The number of amides is 1. The maximum Gasteiger partial charge on any atom is 0.270 e. The zero-order valence-corrected chi connectivity index (χ0v) is 15.0. The number of nitrogens with one attached hydrogen (secondary N) is 1. The Morgan fingerprint density at radius 2 is 1.85 bits per heavy atom. The van der Waals surface area contributed by atoms with E-state index in [1.807, 2.05) is 18.2 Å². The smallest absolute Gasteiger partial charge is 0.270 e. The maximum atomic E-state index is 13.3. The maximum absolute atomic E-state index is 13.3. The average molecular weight is 356 g/mol. The number of rotatable bonds is 6. The Kier molecular flexibility index (Phi) is 5.11. The van der Waals surface area contributed by atoms with E-state index in [-0.39, 0.29) is 11.7 Å². The van der Waals surface area contributed by atoms with Crippen LogP contribution < -0.4 is 9.47 Å². The third kappa shape index (κ3) is 3.64. The van der Waals surface area contributed by atoms with Gasteiger partial charge in [-0.1, -0.05) is 6.07 Å². The van der Waals surface area contributed by atoms with Crippen LogP contribution in [0.25, 0.3) is 10.9 Å². The highest BCUT2D eigenvalue weighted by Crippen LogP contribution is 2.27. The number of halogens is 1. The monoisotopic (exact) mass is 356 g/mol. The van der Waals surface area contributed by atoms with E-state index in [0.717, 1.165) is 11.1 Å². The molecule has 3 aromatic rings. The van der Waals surface area contributed by atoms with Crippen LogP contribution in [0.5, 0.6) is 11.5 Å². The Bertz CT molecular complexity index is 936. The first-order valence-corrected chi connectivity index (χ1v) is 8.26. The van der Waals surface area contributed by atoms with Crippen molar-refractivity contribution in [1.29, 1.82) is 0 Å². The number of aromatic amines is 1. The molecule has 136 valence electrons. The molecule has 0 unspecified atom stereocenters. The molecule has 5 nitrogen and oxygen atoms in total. The number of carbonyl (C=O) groups excluding carboxylic acids is 1. The number of methoxy groups -OCH3 is 2. The van der Waals surface area contributed by atoms with E-state index in [4.69, 9.17) is 9.47 Å². The van der Waals surface area contributed by atoms with Crippen LogP contribution in [-0.2, 0) is 6.42 Å². The van der Waals surface area contributed by atoms with Gasteiger partial charge in [0.05, 0.1) is 14.2 Å². The highest BCUT2D eigenvalue weighted by atomic mass is 19.1. The van der Waals surface area contributed by atoms with Gasteiger partial charge in [-0.15, -0.1) is 0 Å². The average Bonchev–Trinajstić information content (AvgIpc) is 3.08. The first kappa shape index (κ1) is 17.8. The number of H-pyrrole nitrogens is 1. The molecule has 0 spiro atoms. The van der Waals surface area contributed by atoms with Crippen molar-refractivity contribution in [3.05, 3.63) is 59.5 Å². The molecule has 0 aliphatic rings. The summed E-state index contributed by atoms with van der Waals surface area (Å²) in [6, 6.07) is 11.8. The lowest BCUT2D eigenvalue weighted by Gasteiger charge is -2.17. The zero-order chi connectivity index (χ0) is 18.7. The number of aromatic nitrogens is 1. The number of hydrogen-bond donors (Lipinski definition) is 1. The quantitative estimate of drug-likeness (QED) is 0.734. The van der Waals surface area contributed by atoms with Gasteiger partial charge in [0, 0.05) is 24.5 Å². The molecular formula is C20H21FN2O3. The minimum atomic E-state index is -0.322. The van der Waals surface area contributed by atoms with Gasteiger partial charge in [0.25, 0.3) is 5.91 Å². The Labute approximate surface area is 151 Å². The van der Waals surface area contributed by atoms with Gasteiger partial charge in [0.1, 0.15) is 11.5 Å². The molecule has 0 bridgehead atoms. The number of hydrogen-bond acceptors (Lipinski definition) is 3. The Morgan fingerprint density at radius 3 is 2.58 bits per heavy atom. The lowest BCUT2D eigenvalue weighted by atomic mass is 10.1. The van der Waals surface area contributed by atoms with E-state index in [1.54, 1.807) is 38.3 Å². The second kappa shape index (κ2) is 7.47. The number of fused-ring (bicyclic) bond motifs is 1. The van der Waals surface area contributed by atoms with Gasteiger partial charge in [-0.2, -0.15) is 0 Å². The van der Waals surface area contributed by atoms with E-state index >= 15 is 0 Å². The minimum absolute atomic E-state index is 0.137. The van der Waals surface area contributed by atoms with Crippen molar-refractivity contribution in [2.24, 2.45) is 0 Å². The number of benzene rings is 2. The molecule has 1 aromatic heterocycles. The molecule has 0 saturated carbocycles. The van der Waals surface area contributed by atoms with Crippen LogP contribution >= 0.6 is 0 Å². The Balaban J connectivity index is 1.68. The summed E-state index contributed by atoms with van der Waals surface area (Å²) in [5.74, 6) is 0.877. The van der Waals surface area contributed by atoms with Crippen LogP contribution in [0.2, 0.25) is 0 Å². The fraction of sp³-hybridized carbons (Fsp3) is 0.250. The van der Waals surface area contributed by atoms with Crippen LogP contribution in [-0.4, -0.2) is 43.6 Å². The summed E-state index contributed by atoms with van der Waals surface area (Å²) in [7, 11) is 4.93. The number of nitrogens with zero attached hydrogens (tertiary/aromatic N) is 1. The summed E-state index contributed by atoms with van der Waals surface area (Å²) in [4.78, 5) is 17.3. The normalized spacial score (nSPS) is 10.8. The fourth-order valence-corrected chi connectivity index (χ4v) is 2.86. The summed E-state index contributed by atoms with van der Waals surface area (Å²) in [6.45, 7) is 0.540. The third-order valence-electron chi connectivity index (χ3n) is 4.34. The summed E-state index contributed by atoms with van der Waals surface area (Å²) in [5, 5.41) is 0.682. The van der Waals surface area contributed by atoms with Gasteiger partial charge in [-0.05, 0) is 48.4 Å². The lowest BCUT2D eigenvalue weighted by molar-refractivity contribution is 0.0792. The molecule has 0 atom stereocenters. The van der Waals surface area contributed by atoms with Gasteiger partial charge in [-0.25, -0.2) is 4.39 Å². The van der Waals surface area contributed by atoms with Crippen molar-refractivity contribution in [2.45, 2.75) is 6.42 Å². The van der Waals surface area contributed by atoms with Gasteiger partial charge < -0.3 is 19.4 Å². The Hall–Kier alpha value is -3.02. The van der Waals surface area contributed by atoms with E-state index in [2.05, 4.69) is 4.98 Å². The second-order valence-electron chi connectivity index (χ2n) is 6.08. The zero-order valence-electron chi connectivity index (χ0n) is 15.0. The summed E-state index contributed by atoms with van der Waals surface area (Å²) < 4.78 is 23.8. The minimum Gasteiger partial charge on any atom is -0.493 e. The molecule has 1 N–H and O–H groups in total. The van der Waals surface area contributed by atoms with Gasteiger partial charge in [-0.3, -0.25) is 4.79 Å². The molecule has 1 amide bonds. The molecule has 0 aliphatic heterocycles. The summed E-state index contributed by atoms with van der Waals surface area (Å²) in [6.07, 6.45) is 0.678. The van der Waals surface area contributed by atoms with Crippen LogP contribution in [0.1, 0.15) is 16.1 Å². The van der Waals surface area contributed by atoms with E-state index in [1.165, 1.54) is 12.1 Å². The van der Waals surface area contributed by atoms with Gasteiger partial charge in [0.2, 0.25) is 0 Å². The molecule has 6 heteroatoms. The van der Waals surface area contributed by atoms with Crippen molar-refractivity contribution >= 4 is 16.8 Å². The van der Waals surface area contributed by atoms with Crippen LogP contribution in [0, 0.1) is 5.82 Å². The number of likely N-dealkylation sites (N-methyl/N-ethyl adjacent to an activating group) is 1. The number of ether oxygens (including phenoxy) is 2. The van der Waals surface area contributed by atoms with Crippen molar-refractivity contribution in [2.75, 3.05) is 27.8 Å². The third-order valence-corrected chi connectivity index (χ3v) is 4.34. The Morgan fingerprint density at radius 1 is 1.08 bits per heavy atom. The van der Waals surface area contributed by atoms with E-state index in [0.29, 0.717) is 35.5 Å². The fourth-order valence-electron chi connectivity index (χ4n) is 2.86. The predicted molar refractivity (Wildman–Crippen MR) is 98.5 cm³/mol. The molecule has 0 radical (unpaired) electrons. The first-order chi connectivity index (χ1) is 12.5. The predicted octanol–water partition coefficient (Wildman–Crippen LogP) is 3.64. The lowest BCUT2D eigenvalue weighted by Crippen LogP contribution is -2.29.